The summed E-state index contributed by atoms with van der Waals surface area (Å²) in [7, 11) is -7.60. The van der Waals surface area contributed by atoms with E-state index in [1.54, 1.807) is 0 Å². The first-order valence-electron chi connectivity index (χ1n) is 5.95. The molecule has 9 heteroatoms. The van der Waals surface area contributed by atoms with Crippen molar-refractivity contribution in [3.8, 4) is 0 Å². The smallest absolute Gasteiger partial charge is 0.226 e. The number of nitrogens with two attached hydrogens (primary N) is 1. The Morgan fingerprint density at radius 2 is 1.79 bits per heavy atom. The van der Waals surface area contributed by atoms with Crippen molar-refractivity contribution in [1.29, 1.82) is 0 Å². The van der Waals surface area contributed by atoms with Gasteiger partial charge in [-0.1, -0.05) is 19.1 Å². The zero-order valence-corrected chi connectivity index (χ0v) is 13.5. The standard InChI is InChI=1S/C10H20N2O4S3/c1-8-3-5-10(6-4-8,9(11)17)12-19(15,16)7-18(2,13)14/h8,12H,3-7H2,1-2H3,(H2,11,17). The zero-order chi connectivity index (χ0) is 14.9. The summed E-state index contributed by atoms with van der Waals surface area (Å²) in [6.45, 7) is 2.08. The van der Waals surface area contributed by atoms with Crippen LogP contribution in [0.3, 0.4) is 0 Å². The topological polar surface area (TPSA) is 106 Å². The molecule has 0 aromatic heterocycles. The number of sulfonamides is 1. The van der Waals surface area contributed by atoms with Crippen molar-refractivity contribution in [2.24, 2.45) is 11.7 Å². The van der Waals surface area contributed by atoms with Gasteiger partial charge in [0, 0.05) is 6.26 Å². The van der Waals surface area contributed by atoms with Gasteiger partial charge in [-0.15, -0.1) is 0 Å². The fourth-order valence-electron chi connectivity index (χ4n) is 2.26. The van der Waals surface area contributed by atoms with Crippen LogP contribution in [0.4, 0.5) is 0 Å². The van der Waals surface area contributed by atoms with Gasteiger partial charge in [-0.3, -0.25) is 0 Å². The summed E-state index contributed by atoms with van der Waals surface area (Å²) < 4.78 is 48.5. The van der Waals surface area contributed by atoms with Crippen LogP contribution in [0.1, 0.15) is 32.6 Å². The maximum absolute atomic E-state index is 11.9. The Morgan fingerprint density at radius 1 is 1.32 bits per heavy atom. The maximum atomic E-state index is 11.9. The summed E-state index contributed by atoms with van der Waals surface area (Å²) in [5, 5.41) is -0.945. The molecule has 19 heavy (non-hydrogen) atoms. The summed E-state index contributed by atoms with van der Waals surface area (Å²) in [6, 6.07) is 0. The van der Waals surface area contributed by atoms with Crippen molar-refractivity contribution in [3.63, 3.8) is 0 Å². The van der Waals surface area contributed by atoms with Crippen molar-refractivity contribution < 1.29 is 16.8 Å². The number of nitrogens with one attached hydrogen (secondary N) is 1. The summed E-state index contributed by atoms with van der Waals surface area (Å²) in [6.07, 6.45) is 3.50. The van der Waals surface area contributed by atoms with Crippen molar-refractivity contribution >= 4 is 37.1 Å². The van der Waals surface area contributed by atoms with Crippen LogP contribution < -0.4 is 10.5 Å². The van der Waals surface area contributed by atoms with Crippen molar-refractivity contribution in [1.82, 2.24) is 4.72 Å². The highest BCUT2D eigenvalue weighted by Crippen LogP contribution is 2.32. The number of hydrogen-bond donors (Lipinski definition) is 2. The summed E-state index contributed by atoms with van der Waals surface area (Å²) >= 11 is 4.98. The molecule has 0 amide bonds. The fourth-order valence-corrected chi connectivity index (χ4v) is 5.98. The predicted molar refractivity (Wildman–Crippen MR) is 78.9 cm³/mol. The molecule has 6 nitrogen and oxygen atoms in total. The van der Waals surface area contributed by atoms with Gasteiger partial charge >= 0.3 is 0 Å². The minimum atomic E-state index is -3.97. The lowest BCUT2D eigenvalue weighted by molar-refractivity contribution is 0.289. The molecule has 1 saturated carbocycles. The quantitative estimate of drug-likeness (QED) is 0.696. The van der Waals surface area contributed by atoms with Crippen LogP contribution >= 0.6 is 12.2 Å². The predicted octanol–water partition coefficient (Wildman–Crippen LogP) is 0.143. The number of hydrogen-bond acceptors (Lipinski definition) is 5. The SMILES string of the molecule is CC1CCC(NS(=O)(=O)CS(C)(=O)=O)(C(N)=S)CC1. The maximum Gasteiger partial charge on any atom is 0.226 e. The minimum absolute atomic E-state index is 0.0801. The van der Waals surface area contributed by atoms with E-state index in [2.05, 4.69) is 11.6 Å². The van der Waals surface area contributed by atoms with Crippen molar-refractivity contribution in [2.45, 2.75) is 38.1 Å². The van der Waals surface area contributed by atoms with Gasteiger partial charge in [-0.2, -0.15) is 0 Å². The number of rotatable bonds is 5. The number of sulfone groups is 1. The van der Waals surface area contributed by atoms with E-state index >= 15 is 0 Å². The van der Waals surface area contributed by atoms with Gasteiger partial charge in [0.25, 0.3) is 0 Å². The van der Waals surface area contributed by atoms with E-state index in [9.17, 15) is 16.8 Å². The van der Waals surface area contributed by atoms with Gasteiger partial charge in [0.2, 0.25) is 10.0 Å². The van der Waals surface area contributed by atoms with Gasteiger partial charge in [-0.25, -0.2) is 21.6 Å². The third-order valence-corrected chi connectivity index (χ3v) is 7.37. The van der Waals surface area contributed by atoms with E-state index in [0.29, 0.717) is 18.8 Å². The highest BCUT2D eigenvalue weighted by atomic mass is 32.3. The molecule has 0 aromatic carbocycles. The first-order chi connectivity index (χ1) is 8.46. The van der Waals surface area contributed by atoms with Crippen LogP contribution in [0.2, 0.25) is 0 Å². The molecule has 112 valence electrons. The normalized spacial score (nSPS) is 29.1. The second kappa shape index (κ2) is 5.63. The summed E-state index contributed by atoms with van der Waals surface area (Å²) in [5.74, 6) is 0.488. The molecule has 1 aliphatic rings. The van der Waals surface area contributed by atoms with Gasteiger partial charge < -0.3 is 5.73 Å². The van der Waals surface area contributed by atoms with Gasteiger partial charge in [-0.05, 0) is 31.6 Å². The highest BCUT2D eigenvalue weighted by Gasteiger charge is 2.40. The van der Waals surface area contributed by atoms with Crippen LogP contribution in [0.15, 0.2) is 0 Å². The van der Waals surface area contributed by atoms with Gasteiger partial charge in [0.15, 0.2) is 14.9 Å². The average molecular weight is 328 g/mol. The zero-order valence-electron chi connectivity index (χ0n) is 11.0. The highest BCUT2D eigenvalue weighted by molar-refractivity contribution is 8.06. The van der Waals surface area contributed by atoms with E-state index in [4.69, 9.17) is 18.0 Å². The first kappa shape index (κ1) is 16.8. The Bertz CT molecular complexity index is 545. The fraction of sp³-hybridized carbons (Fsp3) is 0.900. The molecular weight excluding hydrogens is 308 g/mol. The molecule has 0 aromatic rings. The van der Waals surface area contributed by atoms with Crippen LogP contribution in [-0.2, 0) is 19.9 Å². The Kier molecular flexibility index (Phi) is 4.98. The molecule has 0 unspecified atom stereocenters. The third-order valence-electron chi connectivity index (χ3n) is 3.32. The van der Waals surface area contributed by atoms with E-state index < -0.39 is 30.5 Å². The lowest BCUT2D eigenvalue weighted by atomic mass is 9.78. The molecular formula is C10H20N2O4S3. The van der Waals surface area contributed by atoms with Crippen molar-refractivity contribution in [2.75, 3.05) is 11.3 Å². The molecule has 0 aliphatic heterocycles. The molecule has 0 spiro atoms. The van der Waals surface area contributed by atoms with Gasteiger partial charge in [0.1, 0.15) is 0 Å². The molecule has 0 heterocycles. The lowest BCUT2D eigenvalue weighted by Gasteiger charge is -2.38. The third kappa shape index (κ3) is 4.97. The van der Waals surface area contributed by atoms with Gasteiger partial charge in [0.05, 0.1) is 10.5 Å². The number of thiocarbonyl (C=S) groups is 1. The van der Waals surface area contributed by atoms with Crippen molar-refractivity contribution in [3.05, 3.63) is 0 Å². The molecule has 1 fully saturated rings. The molecule has 0 saturated heterocycles. The largest absolute Gasteiger partial charge is 0.392 e. The summed E-state index contributed by atoms with van der Waals surface area (Å²) in [4.78, 5) is 0.0801. The Morgan fingerprint density at radius 3 is 2.16 bits per heavy atom. The van der Waals surface area contributed by atoms with Crippen LogP contribution in [0.25, 0.3) is 0 Å². The van der Waals surface area contributed by atoms with E-state index in [1.807, 2.05) is 0 Å². The Balaban J connectivity index is 2.95. The molecule has 0 radical (unpaired) electrons. The second-order valence-corrected chi connectivity index (χ2v) is 10.1. The monoisotopic (exact) mass is 328 g/mol. The molecule has 1 rings (SSSR count). The van der Waals surface area contributed by atoms with Crippen LogP contribution in [0.5, 0.6) is 0 Å². The van der Waals surface area contributed by atoms with E-state index in [0.717, 1.165) is 19.1 Å². The molecule has 3 N–H and O–H groups in total. The second-order valence-electron chi connectivity index (χ2n) is 5.39. The minimum Gasteiger partial charge on any atom is -0.392 e. The van der Waals surface area contributed by atoms with E-state index in [1.165, 1.54) is 0 Å². The molecule has 0 atom stereocenters. The Labute approximate surface area is 120 Å². The first-order valence-corrected chi connectivity index (χ1v) is 10.1. The van der Waals surface area contributed by atoms with Crippen LogP contribution in [0, 0.1) is 5.92 Å². The molecule has 1 aliphatic carbocycles. The summed E-state index contributed by atoms with van der Waals surface area (Å²) in [5.41, 5.74) is 4.69. The van der Waals surface area contributed by atoms with E-state index in [-0.39, 0.29) is 4.99 Å². The van der Waals surface area contributed by atoms with Crippen LogP contribution in [-0.4, -0.2) is 38.7 Å². The average Bonchev–Trinajstić information content (AvgIpc) is 2.17. The Hall–Kier alpha value is -0.250. The lowest BCUT2D eigenvalue weighted by Crippen LogP contribution is -2.58. The molecule has 0 bridgehead atoms.